The SMILES string of the molecule is CCC1(CC)NC(=O)N(CC(=O)OCC(=O)Nc2cc(C(=O)OC)ccc2C)C1=O. The Bertz CT molecular complexity index is 877. The third-order valence-electron chi connectivity index (χ3n) is 5.04. The van der Waals surface area contributed by atoms with Crippen LogP contribution in [0.3, 0.4) is 0 Å². The van der Waals surface area contributed by atoms with Gasteiger partial charge >= 0.3 is 18.0 Å². The van der Waals surface area contributed by atoms with Crippen molar-refractivity contribution in [2.24, 2.45) is 0 Å². The molecular weight excluding hydrogens is 394 g/mol. The van der Waals surface area contributed by atoms with Gasteiger partial charge in [0.15, 0.2) is 6.61 Å². The summed E-state index contributed by atoms with van der Waals surface area (Å²) in [6, 6.07) is 3.98. The molecule has 0 aromatic heterocycles. The number of rotatable bonds is 8. The molecule has 2 N–H and O–H groups in total. The largest absolute Gasteiger partial charge is 0.465 e. The fourth-order valence-corrected chi connectivity index (χ4v) is 3.06. The molecule has 0 radical (unpaired) electrons. The van der Waals surface area contributed by atoms with Crippen molar-refractivity contribution >= 4 is 35.5 Å². The van der Waals surface area contributed by atoms with E-state index >= 15 is 0 Å². The Labute approximate surface area is 173 Å². The molecule has 1 saturated heterocycles. The lowest BCUT2D eigenvalue weighted by Crippen LogP contribution is -2.46. The topological polar surface area (TPSA) is 131 Å². The molecule has 10 nitrogen and oxygen atoms in total. The summed E-state index contributed by atoms with van der Waals surface area (Å²) in [6.07, 6.45) is 0.790. The highest BCUT2D eigenvalue weighted by Crippen LogP contribution is 2.24. The number of aryl methyl sites for hydroxylation is 1. The van der Waals surface area contributed by atoms with Crippen molar-refractivity contribution in [3.63, 3.8) is 0 Å². The molecular formula is C20H25N3O7. The highest BCUT2D eigenvalue weighted by Gasteiger charge is 2.49. The molecule has 162 valence electrons. The third kappa shape index (κ3) is 4.76. The number of nitrogens with one attached hydrogen (secondary N) is 2. The molecule has 1 aliphatic rings. The van der Waals surface area contributed by atoms with Crippen LogP contribution in [0.5, 0.6) is 0 Å². The Balaban J connectivity index is 1.93. The maximum atomic E-state index is 12.5. The number of imide groups is 1. The van der Waals surface area contributed by atoms with Crippen LogP contribution in [-0.4, -0.2) is 60.5 Å². The number of hydrogen-bond donors (Lipinski definition) is 2. The van der Waals surface area contributed by atoms with E-state index < -0.39 is 48.5 Å². The van der Waals surface area contributed by atoms with E-state index in [0.717, 1.165) is 4.90 Å². The van der Waals surface area contributed by atoms with Crippen molar-refractivity contribution in [3.05, 3.63) is 29.3 Å². The van der Waals surface area contributed by atoms with Gasteiger partial charge in [-0.25, -0.2) is 9.59 Å². The smallest absolute Gasteiger partial charge is 0.337 e. The number of ether oxygens (including phenoxy) is 2. The number of carbonyl (C=O) groups is 5. The van der Waals surface area contributed by atoms with E-state index in [0.29, 0.717) is 24.1 Å². The van der Waals surface area contributed by atoms with E-state index in [-0.39, 0.29) is 5.56 Å². The van der Waals surface area contributed by atoms with Gasteiger partial charge in [-0.3, -0.25) is 19.3 Å². The average Bonchev–Trinajstić information content (AvgIpc) is 2.97. The Morgan fingerprint density at radius 2 is 1.83 bits per heavy atom. The molecule has 4 amide bonds. The Morgan fingerprint density at radius 1 is 1.17 bits per heavy atom. The van der Waals surface area contributed by atoms with Crippen LogP contribution in [0.1, 0.15) is 42.6 Å². The van der Waals surface area contributed by atoms with Gasteiger partial charge in [-0.2, -0.15) is 0 Å². The van der Waals surface area contributed by atoms with Crippen LogP contribution < -0.4 is 10.6 Å². The lowest BCUT2D eigenvalue weighted by molar-refractivity contribution is -0.150. The quantitative estimate of drug-likeness (QED) is 0.481. The molecule has 0 bridgehead atoms. The molecule has 1 aromatic rings. The van der Waals surface area contributed by atoms with Crippen LogP contribution in [0.4, 0.5) is 10.5 Å². The minimum Gasteiger partial charge on any atom is -0.465 e. The van der Waals surface area contributed by atoms with Crippen LogP contribution >= 0.6 is 0 Å². The van der Waals surface area contributed by atoms with E-state index in [1.807, 2.05) is 0 Å². The summed E-state index contributed by atoms with van der Waals surface area (Å²) in [6.45, 7) is 4.07. The minimum atomic E-state index is -1.02. The van der Waals surface area contributed by atoms with Gasteiger partial charge in [0.1, 0.15) is 12.1 Å². The normalized spacial score (nSPS) is 14.9. The second-order valence-electron chi connectivity index (χ2n) is 6.84. The van der Waals surface area contributed by atoms with E-state index in [2.05, 4.69) is 15.4 Å². The zero-order valence-corrected chi connectivity index (χ0v) is 17.4. The third-order valence-corrected chi connectivity index (χ3v) is 5.04. The molecule has 1 aromatic carbocycles. The summed E-state index contributed by atoms with van der Waals surface area (Å²) in [5.74, 6) is -2.58. The number of carbonyl (C=O) groups excluding carboxylic acids is 5. The van der Waals surface area contributed by atoms with Gasteiger partial charge < -0.3 is 20.1 Å². The predicted octanol–water partition coefficient (Wildman–Crippen LogP) is 1.37. The molecule has 0 aliphatic carbocycles. The number of nitrogens with zero attached hydrogens (tertiary/aromatic N) is 1. The molecule has 0 atom stereocenters. The van der Waals surface area contributed by atoms with E-state index in [1.165, 1.54) is 13.2 Å². The highest BCUT2D eigenvalue weighted by molar-refractivity contribution is 6.08. The summed E-state index contributed by atoms with van der Waals surface area (Å²) in [5, 5.41) is 5.15. The second kappa shape index (κ2) is 9.38. The number of urea groups is 1. The molecule has 10 heteroatoms. The summed E-state index contributed by atoms with van der Waals surface area (Å²) >= 11 is 0. The van der Waals surface area contributed by atoms with E-state index in [4.69, 9.17) is 4.74 Å². The second-order valence-corrected chi connectivity index (χ2v) is 6.84. The summed E-state index contributed by atoms with van der Waals surface area (Å²) in [5.41, 5.74) is 0.293. The van der Waals surface area contributed by atoms with Gasteiger partial charge in [-0.05, 0) is 37.5 Å². The average molecular weight is 419 g/mol. The minimum absolute atomic E-state index is 0.254. The van der Waals surface area contributed by atoms with Crippen LogP contribution in [-0.2, 0) is 23.9 Å². The Hall–Kier alpha value is -3.43. The van der Waals surface area contributed by atoms with E-state index in [9.17, 15) is 24.0 Å². The first kappa shape index (κ1) is 22.9. The summed E-state index contributed by atoms with van der Waals surface area (Å²) in [7, 11) is 1.25. The maximum absolute atomic E-state index is 12.5. The van der Waals surface area contributed by atoms with Gasteiger partial charge in [0.05, 0.1) is 12.7 Å². The monoisotopic (exact) mass is 419 g/mol. The fourth-order valence-electron chi connectivity index (χ4n) is 3.06. The molecule has 1 fully saturated rings. The van der Waals surface area contributed by atoms with Crippen LogP contribution in [0.2, 0.25) is 0 Å². The molecule has 0 spiro atoms. The first-order chi connectivity index (χ1) is 14.2. The van der Waals surface area contributed by atoms with Gasteiger partial charge in [0.2, 0.25) is 0 Å². The molecule has 0 unspecified atom stereocenters. The van der Waals surface area contributed by atoms with Crippen molar-refractivity contribution in [1.82, 2.24) is 10.2 Å². The maximum Gasteiger partial charge on any atom is 0.337 e. The van der Waals surface area contributed by atoms with Gasteiger partial charge in [0, 0.05) is 5.69 Å². The van der Waals surface area contributed by atoms with E-state index in [1.54, 1.807) is 32.9 Å². The van der Waals surface area contributed by atoms with Crippen LogP contribution in [0.15, 0.2) is 18.2 Å². The molecule has 0 saturated carbocycles. The number of benzene rings is 1. The highest BCUT2D eigenvalue weighted by atomic mass is 16.5. The van der Waals surface area contributed by atoms with Gasteiger partial charge in [-0.15, -0.1) is 0 Å². The lowest BCUT2D eigenvalue weighted by Gasteiger charge is -2.22. The van der Waals surface area contributed by atoms with Crippen molar-refractivity contribution in [2.45, 2.75) is 39.2 Å². The van der Waals surface area contributed by atoms with Gasteiger partial charge in [0.25, 0.3) is 11.8 Å². The number of amides is 4. The predicted molar refractivity (Wildman–Crippen MR) is 106 cm³/mol. The van der Waals surface area contributed by atoms with Crippen molar-refractivity contribution in [3.8, 4) is 0 Å². The fraction of sp³-hybridized carbons (Fsp3) is 0.450. The molecule has 1 aliphatic heterocycles. The lowest BCUT2D eigenvalue weighted by atomic mass is 9.93. The molecule has 30 heavy (non-hydrogen) atoms. The van der Waals surface area contributed by atoms with Crippen LogP contribution in [0, 0.1) is 6.92 Å². The molecule has 2 rings (SSSR count). The Kier molecular flexibility index (Phi) is 7.14. The number of hydrogen-bond acceptors (Lipinski definition) is 7. The van der Waals surface area contributed by atoms with Gasteiger partial charge in [-0.1, -0.05) is 19.9 Å². The number of anilines is 1. The first-order valence-electron chi connectivity index (χ1n) is 9.46. The number of methoxy groups -OCH3 is 1. The summed E-state index contributed by atoms with van der Waals surface area (Å²) in [4.78, 5) is 61.1. The van der Waals surface area contributed by atoms with Crippen molar-refractivity contribution in [1.29, 1.82) is 0 Å². The zero-order valence-electron chi connectivity index (χ0n) is 17.4. The summed E-state index contributed by atoms with van der Waals surface area (Å²) < 4.78 is 9.53. The zero-order chi connectivity index (χ0) is 22.5. The van der Waals surface area contributed by atoms with Crippen molar-refractivity contribution in [2.75, 3.05) is 25.6 Å². The first-order valence-corrected chi connectivity index (χ1v) is 9.46. The Morgan fingerprint density at radius 3 is 2.40 bits per heavy atom. The molecule has 1 heterocycles. The van der Waals surface area contributed by atoms with Crippen LogP contribution in [0.25, 0.3) is 0 Å². The number of esters is 2. The standard InChI is InChI=1S/C20H25N3O7/c1-5-20(6-2)18(27)23(19(28)22-20)10-16(25)30-11-15(24)21-14-9-13(17(26)29-4)8-7-12(14)3/h7-9H,5-6,10-11H2,1-4H3,(H,21,24)(H,22,28). The van der Waals surface area contributed by atoms with Crippen molar-refractivity contribution < 1.29 is 33.4 Å².